The van der Waals surface area contributed by atoms with Crippen molar-refractivity contribution in [3.63, 3.8) is 0 Å². The van der Waals surface area contributed by atoms with Gasteiger partial charge in [-0.05, 0) is 43.7 Å². The van der Waals surface area contributed by atoms with Crippen LogP contribution in [0.5, 0.6) is 0 Å². The maximum Gasteiger partial charge on any atom is 0.433 e. The van der Waals surface area contributed by atoms with Crippen LogP contribution in [0.15, 0.2) is 41.6 Å². The van der Waals surface area contributed by atoms with Crippen LogP contribution in [0.4, 0.5) is 18.2 Å². The molecule has 1 amide bonds. The number of nitriles is 1. The van der Waals surface area contributed by atoms with Crippen molar-refractivity contribution in [2.75, 3.05) is 5.32 Å². The molecule has 2 aromatic heterocycles. The van der Waals surface area contributed by atoms with E-state index in [-0.39, 0.29) is 10.9 Å². The number of benzene rings is 1. The van der Waals surface area contributed by atoms with Crippen LogP contribution in [0, 0.1) is 17.2 Å². The Bertz CT molecular complexity index is 1270. The first-order chi connectivity index (χ1) is 16.7. The van der Waals surface area contributed by atoms with E-state index in [1.165, 1.54) is 11.3 Å². The number of nitrogens with one attached hydrogen (secondary N) is 1. The molecule has 0 bridgehead atoms. The third-order valence-corrected chi connectivity index (χ3v) is 8.14. The van der Waals surface area contributed by atoms with E-state index in [2.05, 4.69) is 28.3 Å². The molecule has 4 rings (SSSR count). The van der Waals surface area contributed by atoms with Gasteiger partial charge in [-0.2, -0.15) is 18.4 Å². The van der Waals surface area contributed by atoms with Gasteiger partial charge in [0, 0.05) is 10.4 Å². The molecule has 182 valence electrons. The summed E-state index contributed by atoms with van der Waals surface area (Å²) in [6.45, 7) is 3.73. The highest BCUT2D eigenvalue weighted by Crippen LogP contribution is 2.40. The Hall–Kier alpha value is -2.90. The Labute approximate surface area is 209 Å². The van der Waals surface area contributed by atoms with Crippen LogP contribution in [0.2, 0.25) is 0 Å². The summed E-state index contributed by atoms with van der Waals surface area (Å²) in [7, 11) is 0. The molecule has 1 aliphatic carbocycles. The van der Waals surface area contributed by atoms with Gasteiger partial charge in [0.15, 0.2) is 5.16 Å². The Balaban J connectivity index is 1.55. The average Bonchev–Trinajstić information content (AvgIpc) is 3.19. The molecule has 1 aromatic carbocycles. The van der Waals surface area contributed by atoms with Gasteiger partial charge in [-0.3, -0.25) is 4.79 Å². The second-order valence-corrected chi connectivity index (χ2v) is 10.8. The van der Waals surface area contributed by atoms with Gasteiger partial charge in [0.1, 0.15) is 16.8 Å². The Morgan fingerprint density at radius 1 is 1.31 bits per heavy atom. The molecule has 10 heteroatoms. The molecule has 0 saturated heterocycles. The van der Waals surface area contributed by atoms with Gasteiger partial charge in [-0.25, -0.2) is 9.97 Å². The third-order valence-electron chi connectivity index (χ3n) is 6.01. The van der Waals surface area contributed by atoms with Gasteiger partial charge in [0.05, 0.1) is 16.5 Å². The Morgan fingerprint density at radius 3 is 2.71 bits per heavy atom. The van der Waals surface area contributed by atoms with Crippen molar-refractivity contribution in [1.29, 1.82) is 5.26 Å². The number of nitrogens with zero attached hydrogens (tertiary/aromatic N) is 3. The molecule has 0 saturated carbocycles. The molecule has 3 aromatic rings. The summed E-state index contributed by atoms with van der Waals surface area (Å²) in [5, 5.41) is 12.1. The second-order valence-electron chi connectivity index (χ2n) is 8.37. The minimum Gasteiger partial charge on any atom is -0.316 e. The fourth-order valence-electron chi connectivity index (χ4n) is 4.01. The highest BCUT2D eigenvalue weighted by Gasteiger charge is 2.34. The zero-order valence-electron chi connectivity index (χ0n) is 19.1. The topological polar surface area (TPSA) is 78.7 Å². The summed E-state index contributed by atoms with van der Waals surface area (Å²) in [5.41, 5.74) is 1.08. The molecule has 5 nitrogen and oxygen atoms in total. The number of halogens is 3. The third kappa shape index (κ3) is 5.68. The van der Waals surface area contributed by atoms with Gasteiger partial charge in [-0.1, -0.05) is 55.4 Å². The average molecular weight is 517 g/mol. The number of rotatable bonds is 6. The first-order valence-electron chi connectivity index (χ1n) is 11.2. The molecule has 0 aliphatic heterocycles. The molecule has 2 heterocycles. The fraction of sp³-hybridized carbons (Fsp3) is 0.360. The van der Waals surface area contributed by atoms with Crippen molar-refractivity contribution >= 4 is 34.0 Å². The van der Waals surface area contributed by atoms with Crippen molar-refractivity contribution in [3.8, 4) is 17.3 Å². The van der Waals surface area contributed by atoms with Crippen molar-refractivity contribution in [2.24, 2.45) is 5.92 Å². The Morgan fingerprint density at radius 2 is 2.06 bits per heavy atom. The highest BCUT2D eigenvalue weighted by molar-refractivity contribution is 8.00. The number of fused-ring (bicyclic) bond motifs is 1. The van der Waals surface area contributed by atoms with Crippen molar-refractivity contribution in [3.05, 3.63) is 58.1 Å². The number of hydrogen-bond donors (Lipinski definition) is 1. The largest absolute Gasteiger partial charge is 0.433 e. The van der Waals surface area contributed by atoms with Crippen LogP contribution in [0.25, 0.3) is 11.3 Å². The number of aromatic nitrogens is 2. The van der Waals surface area contributed by atoms with E-state index >= 15 is 0 Å². The maximum absolute atomic E-state index is 13.5. The normalized spacial score (nSPS) is 16.3. The molecular weight excluding hydrogens is 493 g/mol. The van der Waals surface area contributed by atoms with E-state index in [1.807, 2.05) is 0 Å². The predicted molar refractivity (Wildman–Crippen MR) is 131 cm³/mol. The predicted octanol–water partition coefficient (Wildman–Crippen LogP) is 6.73. The zero-order chi connectivity index (χ0) is 25.2. The number of carbonyl (C=O) groups excluding carboxylic acids is 1. The first-order valence-corrected chi connectivity index (χ1v) is 12.9. The zero-order valence-corrected chi connectivity index (χ0v) is 20.8. The number of amides is 1. The Kier molecular flexibility index (Phi) is 7.47. The molecule has 0 radical (unpaired) electrons. The van der Waals surface area contributed by atoms with Gasteiger partial charge in [0.2, 0.25) is 5.91 Å². The molecule has 0 fully saturated rings. The molecular formula is C25H23F3N4OS2. The van der Waals surface area contributed by atoms with Crippen molar-refractivity contribution in [2.45, 2.75) is 56.1 Å². The van der Waals surface area contributed by atoms with Crippen LogP contribution in [0.3, 0.4) is 0 Å². The van der Waals surface area contributed by atoms with E-state index in [9.17, 15) is 23.2 Å². The molecule has 35 heavy (non-hydrogen) atoms. The van der Waals surface area contributed by atoms with Gasteiger partial charge in [-0.15, -0.1) is 11.3 Å². The highest BCUT2D eigenvalue weighted by atomic mass is 32.2. The number of alkyl halides is 3. The van der Waals surface area contributed by atoms with Gasteiger partial charge < -0.3 is 5.32 Å². The summed E-state index contributed by atoms with van der Waals surface area (Å²) in [4.78, 5) is 22.0. The van der Waals surface area contributed by atoms with Crippen LogP contribution in [0.1, 0.15) is 48.4 Å². The van der Waals surface area contributed by atoms with Crippen molar-refractivity contribution < 1.29 is 18.0 Å². The summed E-state index contributed by atoms with van der Waals surface area (Å²) in [6.07, 6.45) is -0.859. The number of anilines is 1. The number of hydrogen-bond acceptors (Lipinski definition) is 6. The lowest BCUT2D eigenvalue weighted by Gasteiger charge is -2.20. The number of thioether (sulfide) groups is 1. The van der Waals surface area contributed by atoms with Crippen LogP contribution >= 0.6 is 23.1 Å². The molecule has 0 unspecified atom stereocenters. The van der Waals surface area contributed by atoms with E-state index < -0.39 is 23.0 Å². The summed E-state index contributed by atoms with van der Waals surface area (Å²) in [6, 6.07) is 11.6. The minimum absolute atomic E-state index is 0.131. The lowest BCUT2D eigenvalue weighted by Crippen LogP contribution is -2.23. The van der Waals surface area contributed by atoms with Gasteiger partial charge >= 0.3 is 6.18 Å². The maximum atomic E-state index is 13.5. The van der Waals surface area contributed by atoms with Crippen LogP contribution in [-0.2, 0) is 23.8 Å². The molecule has 1 N–H and O–H groups in total. The molecule has 0 spiro atoms. The van der Waals surface area contributed by atoms with E-state index in [1.54, 1.807) is 37.3 Å². The monoisotopic (exact) mass is 516 g/mol. The molecule has 1 aliphatic rings. The van der Waals surface area contributed by atoms with Crippen LogP contribution < -0.4 is 5.32 Å². The van der Waals surface area contributed by atoms with Crippen LogP contribution in [-0.4, -0.2) is 21.1 Å². The van der Waals surface area contributed by atoms with Gasteiger partial charge in [0.25, 0.3) is 0 Å². The van der Waals surface area contributed by atoms with E-state index in [4.69, 9.17) is 0 Å². The van der Waals surface area contributed by atoms with E-state index in [0.29, 0.717) is 22.0 Å². The SMILES string of the molecule is CC[C@H]1CCc2c(sc(NC(=O)[C@H](C)Sc3nc(-c4ccccc4)cc(C(F)(F)F)n3)c2C#N)C1. The first kappa shape index (κ1) is 25.2. The number of thiophene rings is 1. The lowest BCUT2D eigenvalue weighted by atomic mass is 9.86. The smallest absolute Gasteiger partial charge is 0.316 e. The fourth-order valence-corrected chi connectivity index (χ4v) is 6.11. The lowest BCUT2D eigenvalue weighted by molar-refractivity contribution is -0.141. The molecule has 2 atom stereocenters. The van der Waals surface area contributed by atoms with Crippen molar-refractivity contribution in [1.82, 2.24) is 9.97 Å². The quantitative estimate of drug-likeness (QED) is 0.290. The summed E-state index contributed by atoms with van der Waals surface area (Å²) < 4.78 is 40.5. The minimum atomic E-state index is -4.65. The second kappa shape index (κ2) is 10.4. The summed E-state index contributed by atoms with van der Waals surface area (Å²) in [5.74, 6) is 0.155. The number of carbonyl (C=O) groups is 1. The summed E-state index contributed by atoms with van der Waals surface area (Å²) >= 11 is 2.27. The standard InChI is InChI=1S/C25H23F3N4OS2/c1-3-15-9-10-17-18(13-29)23(35-20(17)11-15)32-22(33)14(2)34-24-30-19(16-7-5-4-6-8-16)12-21(31-24)25(26,27)28/h4-8,12,14-15H,3,9-11H2,1-2H3,(H,32,33)/t14-,15-/m0/s1. The van der Waals surface area contributed by atoms with E-state index in [0.717, 1.165) is 54.0 Å².